The maximum Gasteiger partial charge on any atom is 0.200 e. The highest BCUT2D eigenvalue weighted by Crippen LogP contribution is 2.01. The van der Waals surface area contributed by atoms with Crippen molar-refractivity contribution in [1.82, 2.24) is 5.32 Å². The average molecular weight is 155 g/mol. The number of nitrogens with one attached hydrogen (secondary N) is 1. The molecule has 2 atom stereocenters. The Balaban J connectivity index is 3.84. The molecule has 0 heterocycles. The first kappa shape index (κ1) is 10.5. The molecule has 4 heteroatoms. The van der Waals surface area contributed by atoms with Crippen LogP contribution in [0, 0.1) is 0 Å². The molecule has 62 valence electrons. The molecule has 0 unspecified atom stereocenters. The quantitative estimate of drug-likeness (QED) is 0.577. The molecule has 0 saturated carbocycles. The van der Waals surface area contributed by atoms with E-state index < -0.39 is 11.9 Å². The molecule has 3 nitrogen and oxygen atoms in total. The third kappa shape index (κ3) is 4.04. The standard InChI is InChI=1S/C7H14BNO2/c1-3-5(6(10)4-2)9-7(8)11/h5-6,10H,3-4H2,1-2H3,(H,9,11)/t5-,6+/m0/s1. The summed E-state index contributed by atoms with van der Waals surface area (Å²) in [5.41, 5.74) is 0. The van der Waals surface area contributed by atoms with Crippen LogP contribution >= 0.6 is 0 Å². The van der Waals surface area contributed by atoms with Crippen molar-refractivity contribution >= 4 is 13.7 Å². The number of hydrogen-bond donors (Lipinski definition) is 2. The minimum atomic E-state index is -0.579. The Morgan fingerprint density at radius 2 is 2.09 bits per heavy atom. The predicted molar refractivity (Wildman–Crippen MR) is 44.7 cm³/mol. The second kappa shape index (κ2) is 5.19. The molecule has 0 spiro atoms. The maximum absolute atomic E-state index is 10.4. The van der Waals surface area contributed by atoms with E-state index in [2.05, 4.69) is 5.32 Å². The third-order valence-electron chi connectivity index (χ3n) is 1.65. The normalized spacial score (nSPS) is 15.5. The lowest BCUT2D eigenvalue weighted by Crippen LogP contribution is -2.42. The van der Waals surface area contributed by atoms with Crippen molar-refractivity contribution in [3.8, 4) is 0 Å². The molecule has 0 saturated heterocycles. The first-order valence-electron chi connectivity index (χ1n) is 3.85. The molecule has 0 bridgehead atoms. The molecule has 0 aliphatic heterocycles. The van der Waals surface area contributed by atoms with E-state index in [1.54, 1.807) is 0 Å². The first-order valence-corrected chi connectivity index (χ1v) is 3.85. The zero-order chi connectivity index (χ0) is 8.85. The van der Waals surface area contributed by atoms with Gasteiger partial charge < -0.3 is 10.4 Å². The number of amides is 1. The Morgan fingerprint density at radius 1 is 1.55 bits per heavy atom. The van der Waals surface area contributed by atoms with Gasteiger partial charge in [0, 0.05) is 0 Å². The van der Waals surface area contributed by atoms with E-state index in [4.69, 9.17) is 7.85 Å². The summed E-state index contributed by atoms with van der Waals surface area (Å²) >= 11 is 0. The van der Waals surface area contributed by atoms with Crippen LogP contribution in [0.1, 0.15) is 26.7 Å². The van der Waals surface area contributed by atoms with E-state index in [0.717, 1.165) is 0 Å². The van der Waals surface area contributed by atoms with E-state index in [9.17, 15) is 9.90 Å². The van der Waals surface area contributed by atoms with Crippen LogP contribution in [0.15, 0.2) is 0 Å². The summed E-state index contributed by atoms with van der Waals surface area (Å²) < 4.78 is 0. The number of carbonyl (C=O) groups is 1. The fraction of sp³-hybridized carbons (Fsp3) is 0.857. The highest BCUT2D eigenvalue weighted by molar-refractivity contribution is 6.57. The van der Waals surface area contributed by atoms with Gasteiger partial charge in [-0.3, -0.25) is 4.79 Å². The molecule has 0 rings (SSSR count). The van der Waals surface area contributed by atoms with Crippen molar-refractivity contribution in [2.45, 2.75) is 38.8 Å². The summed E-state index contributed by atoms with van der Waals surface area (Å²) in [4.78, 5) is 10.4. The lowest BCUT2D eigenvalue weighted by atomic mass is 10.0. The molecule has 11 heavy (non-hydrogen) atoms. The van der Waals surface area contributed by atoms with Crippen LogP contribution in [0.4, 0.5) is 4.79 Å². The Kier molecular flexibility index (Phi) is 4.95. The molecule has 2 N–H and O–H groups in total. The van der Waals surface area contributed by atoms with Crippen LogP contribution in [0.5, 0.6) is 0 Å². The molecule has 0 fully saturated rings. The second-order valence-corrected chi connectivity index (χ2v) is 2.50. The minimum absolute atomic E-state index is 0.211. The highest BCUT2D eigenvalue weighted by Gasteiger charge is 2.15. The van der Waals surface area contributed by atoms with Crippen LogP contribution in [0.3, 0.4) is 0 Å². The summed E-state index contributed by atoms with van der Waals surface area (Å²) in [5, 5.41) is 11.8. The van der Waals surface area contributed by atoms with Crippen molar-refractivity contribution in [2.24, 2.45) is 0 Å². The largest absolute Gasteiger partial charge is 0.391 e. The molecule has 0 aromatic heterocycles. The van der Waals surface area contributed by atoms with Crippen LogP contribution in [-0.2, 0) is 0 Å². The SMILES string of the molecule is [B]C(=O)N[C@@H](CC)[C@H](O)CC. The molecular weight excluding hydrogens is 141 g/mol. The summed E-state index contributed by atoms with van der Waals surface area (Å²) in [5.74, 6) is -0.579. The van der Waals surface area contributed by atoms with Crippen molar-refractivity contribution < 1.29 is 9.90 Å². The zero-order valence-electron chi connectivity index (χ0n) is 7.00. The van der Waals surface area contributed by atoms with Crippen molar-refractivity contribution in [2.75, 3.05) is 0 Å². The number of carbonyl (C=O) groups excluding carboxylic acids is 1. The van der Waals surface area contributed by atoms with Crippen LogP contribution < -0.4 is 5.32 Å². The number of aliphatic hydroxyl groups is 1. The van der Waals surface area contributed by atoms with E-state index in [0.29, 0.717) is 12.8 Å². The van der Waals surface area contributed by atoms with Crippen molar-refractivity contribution in [3.63, 3.8) is 0 Å². The summed E-state index contributed by atoms with van der Waals surface area (Å²) in [6.45, 7) is 3.75. The highest BCUT2D eigenvalue weighted by atomic mass is 16.3. The van der Waals surface area contributed by atoms with E-state index >= 15 is 0 Å². The molecular formula is C7H14BNO2. The van der Waals surface area contributed by atoms with Gasteiger partial charge in [0.05, 0.1) is 12.1 Å². The molecule has 2 radical (unpaired) electrons. The van der Waals surface area contributed by atoms with E-state index in [-0.39, 0.29) is 6.04 Å². The Hall–Kier alpha value is -0.505. The molecule has 0 aliphatic rings. The van der Waals surface area contributed by atoms with Gasteiger partial charge in [-0.05, 0) is 12.8 Å². The number of hydrogen-bond acceptors (Lipinski definition) is 2. The fourth-order valence-electron chi connectivity index (χ4n) is 0.938. The first-order chi connectivity index (χ1) is 5.11. The van der Waals surface area contributed by atoms with Gasteiger partial charge in [-0.15, -0.1) is 0 Å². The molecule has 0 aromatic carbocycles. The van der Waals surface area contributed by atoms with Gasteiger partial charge >= 0.3 is 0 Å². The van der Waals surface area contributed by atoms with E-state index in [1.165, 1.54) is 0 Å². The van der Waals surface area contributed by atoms with Gasteiger partial charge in [-0.25, -0.2) is 0 Å². The van der Waals surface area contributed by atoms with Gasteiger partial charge in [0.2, 0.25) is 7.85 Å². The van der Waals surface area contributed by atoms with Gasteiger partial charge in [-0.1, -0.05) is 13.8 Å². The van der Waals surface area contributed by atoms with Crippen molar-refractivity contribution in [3.05, 3.63) is 0 Å². The molecule has 1 amide bonds. The van der Waals surface area contributed by atoms with Crippen LogP contribution in [0.2, 0.25) is 0 Å². The van der Waals surface area contributed by atoms with Gasteiger partial charge in [0.1, 0.15) is 0 Å². The smallest absolute Gasteiger partial charge is 0.200 e. The Labute approximate surface area is 68.6 Å². The molecule has 0 aliphatic carbocycles. The minimum Gasteiger partial charge on any atom is -0.391 e. The predicted octanol–water partition coefficient (Wildman–Crippen LogP) is 0.414. The van der Waals surface area contributed by atoms with Gasteiger partial charge in [0.15, 0.2) is 5.81 Å². The Morgan fingerprint density at radius 3 is 2.36 bits per heavy atom. The van der Waals surface area contributed by atoms with E-state index in [1.807, 2.05) is 13.8 Å². The lowest BCUT2D eigenvalue weighted by molar-refractivity contribution is 0.125. The number of rotatable bonds is 4. The summed E-state index contributed by atoms with van der Waals surface area (Å²) in [6.07, 6.45) is 0.823. The summed E-state index contributed by atoms with van der Waals surface area (Å²) in [6, 6.07) is -0.211. The van der Waals surface area contributed by atoms with Crippen LogP contribution in [0.25, 0.3) is 0 Å². The van der Waals surface area contributed by atoms with Gasteiger partial charge in [-0.2, -0.15) is 0 Å². The maximum atomic E-state index is 10.4. The average Bonchev–Trinajstić information content (AvgIpc) is 1.98. The van der Waals surface area contributed by atoms with Crippen LogP contribution in [-0.4, -0.2) is 30.9 Å². The third-order valence-corrected chi connectivity index (χ3v) is 1.65. The second-order valence-electron chi connectivity index (χ2n) is 2.50. The Bertz CT molecular complexity index is 130. The fourth-order valence-corrected chi connectivity index (χ4v) is 0.938. The van der Waals surface area contributed by atoms with Gasteiger partial charge in [0.25, 0.3) is 0 Å². The summed E-state index contributed by atoms with van der Waals surface area (Å²) in [7, 11) is 4.90. The zero-order valence-corrected chi connectivity index (χ0v) is 7.00. The van der Waals surface area contributed by atoms with Crippen molar-refractivity contribution in [1.29, 1.82) is 0 Å². The molecule has 0 aromatic rings. The lowest BCUT2D eigenvalue weighted by Gasteiger charge is -2.20. The monoisotopic (exact) mass is 155 g/mol. The number of aliphatic hydroxyl groups excluding tert-OH is 1. The topological polar surface area (TPSA) is 49.3 Å².